The lowest BCUT2D eigenvalue weighted by Gasteiger charge is -2.10. The standard InChI is InChI=1S/C18H24N4OS/c1-21(2)16(23)10-6-7-13-24-18-20-19-17(14-11-12-14)22(18)15-8-4-3-5-9-15/h3-5,8-9,14H,6-7,10-13H2,1-2H3. The second-order valence-electron chi connectivity index (χ2n) is 6.38. The van der Waals surface area contributed by atoms with Gasteiger partial charge in [-0.1, -0.05) is 30.0 Å². The van der Waals surface area contributed by atoms with Gasteiger partial charge in [0.15, 0.2) is 5.16 Å². The Morgan fingerprint density at radius 1 is 1.21 bits per heavy atom. The average Bonchev–Trinajstić information content (AvgIpc) is 3.35. The maximum Gasteiger partial charge on any atom is 0.222 e. The molecule has 24 heavy (non-hydrogen) atoms. The van der Waals surface area contributed by atoms with E-state index in [2.05, 4.69) is 26.9 Å². The molecule has 1 aromatic heterocycles. The lowest BCUT2D eigenvalue weighted by atomic mass is 10.2. The number of hydrogen-bond acceptors (Lipinski definition) is 4. The first kappa shape index (κ1) is 17.0. The average molecular weight is 344 g/mol. The lowest BCUT2D eigenvalue weighted by Crippen LogP contribution is -2.21. The van der Waals surface area contributed by atoms with E-state index < -0.39 is 0 Å². The quantitative estimate of drug-likeness (QED) is 0.543. The van der Waals surface area contributed by atoms with Crippen molar-refractivity contribution in [2.75, 3.05) is 19.8 Å². The van der Waals surface area contributed by atoms with Crippen molar-refractivity contribution in [3.63, 3.8) is 0 Å². The number of carbonyl (C=O) groups excluding carboxylic acids is 1. The van der Waals surface area contributed by atoms with Gasteiger partial charge < -0.3 is 4.90 Å². The molecule has 0 aliphatic heterocycles. The summed E-state index contributed by atoms with van der Waals surface area (Å²) in [6.07, 6.45) is 4.96. The highest BCUT2D eigenvalue weighted by atomic mass is 32.2. The molecule has 0 radical (unpaired) electrons. The van der Waals surface area contributed by atoms with Crippen LogP contribution in [-0.2, 0) is 4.79 Å². The monoisotopic (exact) mass is 344 g/mol. The van der Waals surface area contributed by atoms with Gasteiger partial charge in [0.1, 0.15) is 5.82 Å². The van der Waals surface area contributed by atoms with Crippen molar-refractivity contribution in [1.29, 1.82) is 0 Å². The van der Waals surface area contributed by atoms with E-state index in [1.807, 2.05) is 18.2 Å². The van der Waals surface area contributed by atoms with E-state index in [9.17, 15) is 4.79 Å². The Morgan fingerprint density at radius 2 is 1.96 bits per heavy atom. The summed E-state index contributed by atoms with van der Waals surface area (Å²) >= 11 is 1.73. The number of carbonyl (C=O) groups is 1. The number of hydrogen-bond donors (Lipinski definition) is 0. The van der Waals surface area contributed by atoms with Crippen LogP contribution in [0.25, 0.3) is 5.69 Å². The summed E-state index contributed by atoms with van der Waals surface area (Å²) in [5.74, 6) is 2.80. The molecule has 0 N–H and O–H groups in total. The Balaban J connectivity index is 1.61. The number of aromatic nitrogens is 3. The van der Waals surface area contributed by atoms with Crippen LogP contribution in [0.2, 0.25) is 0 Å². The van der Waals surface area contributed by atoms with Crippen LogP contribution in [0.4, 0.5) is 0 Å². The molecule has 128 valence electrons. The minimum absolute atomic E-state index is 0.198. The second kappa shape index (κ2) is 7.83. The fourth-order valence-corrected chi connectivity index (χ4v) is 3.52. The summed E-state index contributed by atoms with van der Waals surface area (Å²) in [7, 11) is 3.61. The van der Waals surface area contributed by atoms with E-state index >= 15 is 0 Å². The fraction of sp³-hybridized carbons (Fsp3) is 0.500. The Labute approximate surface area is 147 Å². The zero-order valence-corrected chi connectivity index (χ0v) is 15.1. The van der Waals surface area contributed by atoms with Gasteiger partial charge >= 0.3 is 0 Å². The molecule has 1 saturated carbocycles. The largest absolute Gasteiger partial charge is 0.349 e. The summed E-state index contributed by atoms with van der Waals surface area (Å²) in [5, 5.41) is 9.81. The van der Waals surface area contributed by atoms with Gasteiger partial charge in [-0.05, 0) is 37.8 Å². The first-order chi connectivity index (χ1) is 11.7. The van der Waals surface area contributed by atoms with Crippen molar-refractivity contribution in [3.8, 4) is 5.69 Å². The van der Waals surface area contributed by atoms with Crippen molar-refractivity contribution in [3.05, 3.63) is 36.2 Å². The van der Waals surface area contributed by atoms with Gasteiger partial charge in [0.05, 0.1) is 0 Å². The maximum atomic E-state index is 11.6. The van der Waals surface area contributed by atoms with E-state index in [4.69, 9.17) is 0 Å². The summed E-state index contributed by atoms with van der Waals surface area (Å²) in [6, 6.07) is 10.3. The number of nitrogens with zero attached hydrogens (tertiary/aromatic N) is 4. The Morgan fingerprint density at radius 3 is 2.62 bits per heavy atom. The normalized spacial score (nSPS) is 13.9. The zero-order valence-electron chi connectivity index (χ0n) is 14.3. The molecule has 0 bridgehead atoms. The number of para-hydroxylation sites is 1. The third-order valence-electron chi connectivity index (χ3n) is 4.13. The second-order valence-corrected chi connectivity index (χ2v) is 7.44. The van der Waals surface area contributed by atoms with E-state index in [1.54, 1.807) is 30.8 Å². The number of amides is 1. The molecule has 1 heterocycles. The minimum Gasteiger partial charge on any atom is -0.349 e. The van der Waals surface area contributed by atoms with Crippen LogP contribution >= 0.6 is 11.8 Å². The first-order valence-corrected chi connectivity index (χ1v) is 9.49. The lowest BCUT2D eigenvalue weighted by molar-refractivity contribution is -0.128. The van der Waals surface area contributed by atoms with Crippen LogP contribution in [0.15, 0.2) is 35.5 Å². The highest BCUT2D eigenvalue weighted by Crippen LogP contribution is 2.41. The molecule has 0 spiro atoms. The number of rotatable bonds is 8. The van der Waals surface area contributed by atoms with Crippen molar-refractivity contribution in [1.82, 2.24) is 19.7 Å². The number of benzene rings is 1. The van der Waals surface area contributed by atoms with Gasteiger partial charge in [0.2, 0.25) is 5.91 Å². The number of unbranched alkanes of at least 4 members (excludes halogenated alkanes) is 1. The number of thioether (sulfide) groups is 1. The molecule has 0 saturated heterocycles. The van der Waals surface area contributed by atoms with Crippen molar-refractivity contribution >= 4 is 17.7 Å². The smallest absolute Gasteiger partial charge is 0.222 e. The summed E-state index contributed by atoms with van der Waals surface area (Å²) in [4.78, 5) is 13.2. The third kappa shape index (κ3) is 4.17. The van der Waals surface area contributed by atoms with Crippen LogP contribution in [-0.4, -0.2) is 45.4 Å². The molecule has 3 rings (SSSR count). The van der Waals surface area contributed by atoms with Gasteiger partial charge in [0, 0.05) is 37.9 Å². The van der Waals surface area contributed by atoms with E-state index in [0.29, 0.717) is 12.3 Å². The van der Waals surface area contributed by atoms with Crippen molar-refractivity contribution < 1.29 is 4.79 Å². The van der Waals surface area contributed by atoms with Gasteiger partial charge in [-0.25, -0.2) is 0 Å². The van der Waals surface area contributed by atoms with Gasteiger partial charge in [-0.3, -0.25) is 9.36 Å². The molecule has 1 aliphatic rings. The summed E-state index contributed by atoms with van der Waals surface area (Å²) in [6.45, 7) is 0. The summed E-state index contributed by atoms with van der Waals surface area (Å²) in [5.41, 5.74) is 1.13. The topological polar surface area (TPSA) is 51.0 Å². The summed E-state index contributed by atoms with van der Waals surface area (Å²) < 4.78 is 2.20. The molecule has 1 aromatic carbocycles. The minimum atomic E-state index is 0.198. The molecule has 2 aromatic rings. The highest BCUT2D eigenvalue weighted by Gasteiger charge is 2.30. The molecular weight excluding hydrogens is 320 g/mol. The van der Waals surface area contributed by atoms with E-state index in [0.717, 1.165) is 35.3 Å². The molecule has 1 amide bonds. The van der Waals surface area contributed by atoms with Crippen molar-refractivity contribution in [2.24, 2.45) is 0 Å². The predicted octanol–water partition coefficient (Wildman–Crippen LogP) is 3.50. The molecule has 1 aliphatic carbocycles. The van der Waals surface area contributed by atoms with E-state index in [-0.39, 0.29) is 5.91 Å². The Hall–Kier alpha value is -1.82. The predicted molar refractivity (Wildman–Crippen MR) is 96.6 cm³/mol. The van der Waals surface area contributed by atoms with E-state index in [1.165, 1.54) is 12.8 Å². The van der Waals surface area contributed by atoms with Crippen LogP contribution in [0.5, 0.6) is 0 Å². The first-order valence-electron chi connectivity index (χ1n) is 8.50. The van der Waals surface area contributed by atoms with Crippen LogP contribution < -0.4 is 0 Å². The molecule has 0 unspecified atom stereocenters. The maximum absolute atomic E-state index is 11.6. The van der Waals surface area contributed by atoms with Gasteiger partial charge in [0.25, 0.3) is 0 Å². The molecular formula is C18H24N4OS. The molecule has 6 heteroatoms. The SMILES string of the molecule is CN(C)C(=O)CCCCSc1nnc(C2CC2)n1-c1ccccc1. The van der Waals surface area contributed by atoms with Crippen molar-refractivity contribution in [2.45, 2.75) is 43.2 Å². The van der Waals surface area contributed by atoms with Crippen LogP contribution in [0.1, 0.15) is 43.8 Å². The third-order valence-corrected chi connectivity index (χ3v) is 5.15. The van der Waals surface area contributed by atoms with Crippen LogP contribution in [0, 0.1) is 0 Å². The fourth-order valence-electron chi connectivity index (χ4n) is 2.57. The van der Waals surface area contributed by atoms with Gasteiger partial charge in [-0.2, -0.15) is 0 Å². The van der Waals surface area contributed by atoms with Crippen LogP contribution in [0.3, 0.4) is 0 Å². The highest BCUT2D eigenvalue weighted by molar-refractivity contribution is 7.99. The van der Waals surface area contributed by atoms with Gasteiger partial charge in [-0.15, -0.1) is 10.2 Å². The Bertz CT molecular complexity index is 680. The molecule has 1 fully saturated rings. The zero-order chi connectivity index (χ0) is 16.9. The molecule has 5 nitrogen and oxygen atoms in total. The molecule has 0 atom stereocenters. The Kier molecular flexibility index (Phi) is 5.56.